The van der Waals surface area contributed by atoms with Gasteiger partial charge in [0, 0.05) is 0 Å². The van der Waals surface area contributed by atoms with E-state index in [4.69, 9.17) is 10.8 Å². The first kappa shape index (κ1) is 11.9. The zero-order chi connectivity index (χ0) is 11.4. The van der Waals surface area contributed by atoms with E-state index in [0.717, 1.165) is 11.3 Å². The number of nitrogens with zero attached hydrogens (tertiary/aromatic N) is 1. The largest absolute Gasteiger partial charge is 0.394 e. The Bertz CT molecular complexity index is 347. The lowest BCUT2D eigenvalue weighted by Crippen LogP contribution is -2.36. The average molecular weight is 229 g/mol. The lowest BCUT2D eigenvalue weighted by molar-refractivity contribution is 0.0918. The summed E-state index contributed by atoms with van der Waals surface area (Å²) in [4.78, 5) is 16.2. The van der Waals surface area contributed by atoms with Crippen molar-refractivity contribution in [2.75, 3.05) is 12.3 Å². The highest BCUT2D eigenvalue weighted by atomic mass is 32.1. The first-order valence-corrected chi connectivity index (χ1v) is 5.54. The van der Waals surface area contributed by atoms with Gasteiger partial charge in [-0.05, 0) is 13.3 Å². The van der Waals surface area contributed by atoms with E-state index in [1.54, 1.807) is 6.92 Å². The van der Waals surface area contributed by atoms with Crippen LogP contribution in [0.4, 0.5) is 5.13 Å². The van der Waals surface area contributed by atoms with Gasteiger partial charge < -0.3 is 16.2 Å². The summed E-state index contributed by atoms with van der Waals surface area (Å²) in [5.41, 5.74) is 6.12. The van der Waals surface area contributed by atoms with Gasteiger partial charge in [0.25, 0.3) is 5.91 Å². The van der Waals surface area contributed by atoms with E-state index in [-0.39, 0.29) is 18.6 Å². The van der Waals surface area contributed by atoms with E-state index in [1.165, 1.54) is 0 Å². The van der Waals surface area contributed by atoms with Crippen molar-refractivity contribution < 1.29 is 9.90 Å². The van der Waals surface area contributed by atoms with E-state index in [0.29, 0.717) is 22.1 Å². The molecule has 0 bridgehead atoms. The fraction of sp³-hybridized carbons (Fsp3) is 0.556. The van der Waals surface area contributed by atoms with Crippen LogP contribution in [0, 0.1) is 6.92 Å². The Morgan fingerprint density at radius 3 is 2.80 bits per heavy atom. The molecule has 1 unspecified atom stereocenters. The number of nitrogens with one attached hydrogen (secondary N) is 1. The molecule has 1 aromatic heterocycles. The smallest absolute Gasteiger partial charge is 0.263 e. The summed E-state index contributed by atoms with van der Waals surface area (Å²) in [7, 11) is 0. The quantitative estimate of drug-likeness (QED) is 0.703. The highest BCUT2D eigenvalue weighted by molar-refractivity contribution is 7.17. The molecule has 15 heavy (non-hydrogen) atoms. The summed E-state index contributed by atoms with van der Waals surface area (Å²) < 4.78 is 0. The van der Waals surface area contributed by atoms with Crippen LogP contribution in [0.2, 0.25) is 0 Å². The third-order valence-electron chi connectivity index (χ3n) is 2.07. The molecule has 0 aliphatic heterocycles. The number of nitrogens with two attached hydrogens (primary N) is 1. The van der Waals surface area contributed by atoms with Crippen molar-refractivity contribution in [3.8, 4) is 0 Å². The predicted molar refractivity (Wildman–Crippen MR) is 59.9 cm³/mol. The fourth-order valence-corrected chi connectivity index (χ4v) is 1.89. The number of carbonyl (C=O) groups excluding carboxylic acids is 1. The maximum absolute atomic E-state index is 11.7. The fourth-order valence-electron chi connectivity index (χ4n) is 1.16. The number of aromatic nitrogens is 1. The van der Waals surface area contributed by atoms with Gasteiger partial charge in [0.15, 0.2) is 5.13 Å². The van der Waals surface area contributed by atoms with E-state index < -0.39 is 0 Å². The minimum atomic E-state index is -0.220. The van der Waals surface area contributed by atoms with Gasteiger partial charge in [-0.3, -0.25) is 4.79 Å². The number of anilines is 1. The molecule has 0 saturated heterocycles. The molecule has 1 aromatic rings. The van der Waals surface area contributed by atoms with Crippen molar-refractivity contribution in [3.63, 3.8) is 0 Å². The number of carbonyl (C=O) groups is 1. The maximum atomic E-state index is 11.7. The second-order valence-corrected chi connectivity index (χ2v) is 4.26. The zero-order valence-electron chi connectivity index (χ0n) is 8.78. The molecule has 0 radical (unpaired) electrons. The summed E-state index contributed by atoms with van der Waals surface area (Å²) in [6, 6.07) is -0.208. The summed E-state index contributed by atoms with van der Waals surface area (Å²) in [5, 5.41) is 12.0. The third-order valence-corrected chi connectivity index (χ3v) is 3.05. The Morgan fingerprint density at radius 1 is 1.73 bits per heavy atom. The third kappa shape index (κ3) is 2.90. The minimum absolute atomic E-state index is 0.0599. The summed E-state index contributed by atoms with van der Waals surface area (Å²) in [6.45, 7) is 3.58. The van der Waals surface area contributed by atoms with Gasteiger partial charge in [0.2, 0.25) is 0 Å². The lowest BCUT2D eigenvalue weighted by atomic mass is 10.2. The van der Waals surface area contributed by atoms with Crippen molar-refractivity contribution in [3.05, 3.63) is 10.6 Å². The van der Waals surface area contributed by atoms with Crippen molar-refractivity contribution in [2.45, 2.75) is 26.3 Å². The second kappa shape index (κ2) is 5.09. The molecule has 4 N–H and O–H groups in total. The van der Waals surface area contributed by atoms with Gasteiger partial charge in [-0.2, -0.15) is 0 Å². The molecule has 1 rings (SSSR count). The van der Waals surface area contributed by atoms with Gasteiger partial charge >= 0.3 is 0 Å². The topological polar surface area (TPSA) is 88.2 Å². The van der Waals surface area contributed by atoms with Gasteiger partial charge in [-0.1, -0.05) is 18.3 Å². The summed E-state index contributed by atoms with van der Waals surface area (Å²) in [6.07, 6.45) is 0.690. The van der Waals surface area contributed by atoms with Crippen LogP contribution in [-0.4, -0.2) is 28.6 Å². The SMILES string of the molecule is CCC(CO)NC(=O)c1sc(N)nc1C. The van der Waals surface area contributed by atoms with Crippen LogP contribution in [0.3, 0.4) is 0 Å². The molecule has 6 heteroatoms. The molecule has 0 fully saturated rings. The molecule has 0 spiro atoms. The van der Waals surface area contributed by atoms with E-state index in [9.17, 15) is 4.79 Å². The van der Waals surface area contributed by atoms with Crippen molar-refractivity contribution >= 4 is 22.4 Å². The van der Waals surface area contributed by atoms with Gasteiger partial charge in [0.05, 0.1) is 18.3 Å². The zero-order valence-corrected chi connectivity index (χ0v) is 9.60. The Kier molecular flexibility index (Phi) is 4.05. The number of rotatable bonds is 4. The van der Waals surface area contributed by atoms with Crippen molar-refractivity contribution in [2.24, 2.45) is 0 Å². The van der Waals surface area contributed by atoms with Crippen LogP contribution >= 0.6 is 11.3 Å². The summed E-state index contributed by atoms with van der Waals surface area (Å²) in [5.74, 6) is -0.220. The standard InChI is InChI=1S/C9H15N3O2S/c1-3-6(4-13)12-8(14)7-5(2)11-9(10)15-7/h6,13H,3-4H2,1-2H3,(H2,10,11)(H,12,14). The van der Waals surface area contributed by atoms with Gasteiger partial charge in [-0.15, -0.1) is 0 Å². The van der Waals surface area contributed by atoms with Crippen molar-refractivity contribution in [1.82, 2.24) is 10.3 Å². The van der Waals surface area contributed by atoms with Crippen LogP contribution in [0.25, 0.3) is 0 Å². The number of aliphatic hydroxyl groups excluding tert-OH is 1. The number of thiazole rings is 1. The van der Waals surface area contributed by atoms with Crippen molar-refractivity contribution in [1.29, 1.82) is 0 Å². The Labute approximate surface area is 92.3 Å². The number of aliphatic hydroxyl groups is 1. The van der Waals surface area contributed by atoms with Crippen LogP contribution < -0.4 is 11.1 Å². The minimum Gasteiger partial charge on any atom is -0.394 e. The lowest BCUT2D eigenvalue weighted by Gasteiger charge is -2.12. The number of hydrogen-bond donors (Lipinski definition) is 3. The molecule has 0 aliphatic rings. The normalized spacial score (nSPS) is 12.5. The molecule has 5 nitrogen and oxygen atoms in total. The van der Waals surface area contributed by atoms with Crippen LogP contribution in [-0.2, 0) is 0 Å². The monoisotopic (exact) mass is 229 g/mol. The average Bonchev–Trinajstić information content (AvgIpc) is 2.54. The van der Waals surface area contributed by atoms with E-state index >= 15 is 0 Å². The molecular weight excluding hydrogens is 214 g/mol. The highest BCUT2D eigenvalue weighted by Gasteiger charge is 2.16. The molecule has 1 amide bonds. The number of aryl methyl sites for hydroxylation is 1. The predicted octanol–water partition coefficient (Wildman–Crippen LogP) is 0.534. The number of nitrogen functional groups attached to an aromatic ring is 1. The molecule has 0 saturated carbocycles. The molecule has 0 aromatic carbocycles. The molecule has 1 atom stereocenters. The number of amides is 1. The van der Waals surface area contributed by atoms with Crippen LogP contribution in [0.15, 0.2) is 0 Å². The number of hydrogen-bond acceptors (Lipinski definition) is 5. The Hall–Kier alpha value is -1.14. The van der Waals surface area contributed by atoms with Crippen LogP contribution in [0.5, 0.6) is 0 Å². The first-order chi connectivity index (χ1) is 7.08. The molecule has 0 aliphatic carbocycles. The first-order valence-electron chi connectivity index (χ1n) is 4.73. The van der Waals surface area contributed by atoms with E-state index in [2.05, 4.69) is 10.3 Å². The molecular formula is C9H15N3O2S. The summed E-state index contributed by atoms with van der Waals surface area (Å²) >= 11 is 1.16. The Morgan fingerprint density at radius 2 is 2.40 bits per heavy atom. The van der Waals surface area contributed by atoms with Gasteiger partial charge in [0.1, 0.15) is 4.88 Å². The highest BCUT2D eigenvalue weighted by Crippen LogP contribution is 2.19. The van der Waals surface area contributed by atoms with Gasteiger partial charge in [-0.25, -0.2) is 4.98 Å². The molecule has 1 heterocycles. The van der Waals surface area contributed by atoms with E-state index in [1.807, 2.05) is 6.92 Å². The molecule has 84 valence electrons. The second-order valence-electron chi connectivity index (χ2n) is 3.23. The van der Waals surface area contributed by atoms with Crippen LogP contribution in [0.1, 0.15) is 28.7 Å². The maximum Gasteiger partial charge on any atom is 0.263 e. The Balaban J connectivity index is 2.72.